The van der Waals surface area contributed by atoms with Gasteiger partial charge in [-0.1, -0.05) is 0 Å². The number of rotatable bonds is 6. The first kappa shape index (κ1) is 13.3. The Bertz CT molecular complexity index is 111. The Hall–Kier alpha value is 0.254. The number of nitrogens with two attached hydrogens (primary N) is 6. The predicted molar refractivity (Wildman–Crippen MR) is 51.1 cm³/mol. The van der Waals surface area contributed by atoms with Crippen LogP contribution in [0.15, 0.2) is 0 Å². The molecule has 13 heavy (non-hydrogen) atoms. The Morgan fingerprint density at radius 2 is 0.923 bits per heavy atom. The van der Waals surface area contributed by atoms with Crippen molar-refractivity contribution < 1.29 is 13.4 Å². The van der Waals surface area contributed by atoms with Crippen molar-refractivity contribution in [3.63, 3.8) is 0 Å². The molecule has 0 aromatic rings. The van der Waals surface area contributed by atoms with Crippen molar-refractivity contribution in [1.29, 1.82) is 0 Å². The molecule has 0 fully saturated rings. The quantitative estimate of drug-likeness (QED) is 0.261. The molecule has 0 aromatic carbocycles. The average Bonchev–Trinajstić information content (AvgIpc) is 2.16. The molecule has 6 nitrogen and oxygen atoms in total. The molecule has 0 aromatic heterocycles. The summed E-state index contributed by atoms with van der Waals surface area (Å²) in [5.41, 5.74) is 33.7. The van der Waals surface area contributed by atoms with Gasteiger partial charge in [0, 0.05) is 0 Å². The minimum absolute atomic E-state index is 0.197. The van der Waals surface area contributed by atoms with Gasteiger partial charge in [0.25, 0.3) is 0 Å². The molecular formula is C6H21N6Ni. The Kier molecular flexibility index (Phi) is 6.80. The summed E-state index contributed by atoms with van der Waals surface area (Å²) in [5, 5.41) is -0.591. The van der Waals surface area contributed by atoms with Gasteiger partial charge in [0.1, 0.15) is 0 Å². The molecule has 7 heteroatoms. The second-order valence-corrected chi connectivity index (χ2v) is 5.62. The van der Waals surface area contributed by atoms with E-state index in [9.17, 15) is 0 Å². The molecule has 0 bridgehead atoms. The van der Waals surface area contributed by atoms with Crippen molar-refractivity contribution in [3.8, 4) is 0 Å². The van der Waals surface area contributed by atoms with E-state index in [-0.39, 0.29) is 15.0 Å². The van der Waals surface area contributed by atoms with E-state index in [4.69, 9.17) is 34.4 Å². The summed E-state index contributed by atoms with van der Waals surface area (Å²) in [6.45, 7) is 1.07. The maximum atomic E-state index is 5.79. The van der Waals surface area contributed by atoms with Crippen molar-refractivity contribution in [2.45, 2.75) is 15.0 Å². The van der Waals surface area contributed by atoms with Crippen LogP contribution in [0.3, 0.4) is 0 Å². The van der Waals surface area contributed by atoms with Crippen molar-refractivity contribution in [2.24, 2.45) is 34.4 Å². The molecule has 0 aliphatic rings. The number of hydrogen-bond donors (Lipinski definition) is 6. The van der Waals surface area contributed by atoms with Crippen molar-refractivity contribution >= 4 is 0 Å². The molecule has 0 aliphatic carbocycles. The van der Waals surface area contributed by atoms with Crippen LogP contribution >= 0.6 is 0 Å². The fourth-order valence-corrected chi connectivity index (χ4v) is 3.22. The summed E-state index contributed by atoms with van der Waals surface area (Å²) in [4.78, 5) is 0. The van der Waals surface area contributed by atoms with E-state index in [1.54, 1.807) is 0 Å². The minimum atomic E-state index is -0.545. The van der Waals surface area contributed by atoms with E-state index in [0.717, 1.165) is 0 Å². The topological polar surface area (TPSA) is 156 Å². The van der Waals surface area contributed by atoms with Crippen LogP contribution in [0.5, 0.6) is 0 Å². The molecule has 0 rings (SSSR count). The van der Waals surface area contributed by atoms with Crippen LogP contribution in [0.4, 0.5) is 0 Å². The molecular weight excluding hydrogens is 215 g/mol. The molecule has 0 saturated carbocycles. The monoisotopic (exact) mass is 235 g/mol. The van der Waals surface area contributed by atoms with Crippen LogP contribution in [0.1, 0.15) is 0 Å². The van der Waals surface area contributed by atoms with Crippen LogP contribution < -0.4 is 34.4 Å². The number of hydrogen-bond acceptors (Lipinski definition) is 6. The summed E-state index contributed by atoms with van der Waals surface area (Å²) < 4.78 is 0. The zero-order valence-corrected chi connectivity index (χ0v) is 8.62. The van der Waals surface area contributed by atoms with Crippen molar-refractivity contribution in [3.05, 3.63) is 0 Å². The van der Waals surface area contributed by atoms with Crippen LogP contribution in [-0.4, -0.2) is 34.7 Å². The molecule has 12 N–H and O–H groups in total. The molecule has 0 saturated heterocycles. The summed E-state index contributed by atoms with van der Waals surface area (Å²) in [5.74, 6) is 0. The third kappa shape index (κ3) is 3.87. The maximum absolute atomic E-state index is 5.79. The Morgan fingerprint density at radius 3 is 1.08 bits per heavy atom. The van der Waals surface area contributed by atoms with E-state index in [0.29, 0.717) is 19.6 Å². The molecule has 0 aliphatic heterocycles. The average molecular weight is 236 g/mol. The van der Waals surface area contributed by atoms with Gasteiger partial charge in [0.15, 0.2) is 0 Å². The SMILES string of the molecule is NC[CH](N)[Ni]([CH](N)CN)[CH](N)CN. The molecule has 85 valence electrons. The van der Waals surface area contributed by atoms with Crippen LogP contribution in [0, 0.1) is 0 Å². The fourth-order valence-electron chi connectivity index (χ4n) is 0.780. The Morgan fingerprint density at radius 1 is 0.692 bits per heavy atom. The van der Waals surface area contributed by atoms with Crippen LogP contribution in [-0.2, 0) is 13.4 Å². The van der Waals surface area contributed by atoms with Gasteiger partial charge in [-0.2, -0.15) is 0 Å². The summed E-state index contributed by atoms with van der Waals surface area (Å²) >= 11 is -0.545. The first-order chi connectivity index (χ1) is 6.08. The van der Waals surface area contributed by atoms with Gasteiger partial charge < -0.3 is 0 Å². The van der Waals surface area contributed by atoms with Gasteiger partial charge in [-0.3, -0.25) is 0 Å². The first-order valence-corrected chi connectivity index (χ1v) is 5.71. The summed E-state index contributed by atoms with van der Waals surface area (Å²) in [6.07, 6.45) is 0. The summed E-state index contributed by atoms with van der Waals surface area (Å²) in [7, 11) is 0. The third-order valence-electron chi connectivity index (χ3n) is 1.44. The van der Waals surface area contributed by atoms with Gasteiger partial charge in [0.2, 0.25) is 0 Å². The normalized spacial score (nSPS) is 19.4. The zero-order valence-electron chi connectivity index (χ0n) is 7.63. The van der Waals surface area contributed by atoms with Gasteiger partial charge in [-0.25, -0.2) is 0 Å². The Balaban J connectivity index is 4.34. The van der Waals surface area contributed by atoms with Gasteiger partial charge >= 0.3 is 82.5 Å². The Labute approximate surface area is 83.0 Å². The van der Waals surface area contributed by atoms with Crippen molar-refractivity contribution in [2.75, 3.05) is 19.6 Å². The fraction of sp³-hybridized carbons (Fsp3) is 1.00. The standard InChI is InChI=1S/3C2H7N2.Ni/c3*3-1-2-4;/h3*1H,2-4H2;. The van der Waals surface area contributed by atoms with Gasteiger partial charge in [-0.05, 0) is 0 Å². The molecule has 3 atom stereocenters. The molecule has 0 spiro atoms. The molecule has 3 unspecified atom stereocenters. The summed E-state index contributed by atoms with van der Waals surface area (Å²) in [6, 6.07) is 0. The van der Waals surface area contributed by atoms with Crippen LogP contribution in [0.25, 0.3) is 0 Å². The van der Waals surface area contributed by atoms with Gasteiger partial charge in [0.05, 0.1) is 0 Å². The second kappa shape index (κ2) is 6.67. The van der Waals surface area contributed by atoms with Crippen LogP contribution in [0.2, 0.25) is 0 Å². The van der Waals surface area contributed by atoms with Crippen molar-refractivity contribution in [1.82, 2.24) is 0 Å². The molecule has 0 radical (unpaired) electrons. The predicted octanol–water partition coefficient (Wildman–Crippen LogP) is -3.66. The second-order valence-electron chi connectivity index (χ2n) is 2.43. The third-order valence-corrected chi connectivity index (χ3v) is 4.68. The van der Waals surface area contributed by atoms with Gasteiger partial charge in [-0.15, -0.1) is 0 Å². The molecule has 0 heterocycles. The van der Waals surface area contributed by atoms with E-state index in [1.807, 2.05) is 0 Å². The van der Waals surface area contributed by atoms with E-state index in [1.165, 1.54) is 0 Å². The van der Waals surface area contributed by atoms with E-state index < -0.39 is 13.4 Å². The van der Waals surface area contributed by atoms with E-state index in [2.05, 4.69) is 0 Å². The van der Waals surface area contributed by atoms with E-state index >= 15 is 0 Å². The molecule has 0 amide bonds. The zero-order chi connectivity index (χ0) is 10.4. The first-order valence-electron chi connectivity index (χ1n) is 4.00.